The average molecular weight is 210 g/mol. The fourth-order valence-corrected chi connectivity index (χ4v) is 2.87. The van der Waals surface area contributed by atoms with E-state index in [1.807, 2.05) is 11.3 Å². The van der Waals surface area contributed by atoms with Crippen LogP contribution in [0.25, 0.3) is 0 Å². The Morgan fingerprint density at radius 3 is 3.29 bits per heavy atom. The van der Waals surface area contributed by atoms with Crippen LogP contribution in [0.2, 0.25) is 0 Å². The van der Waals surface area contributed by atoms with Gasteiger partial charge >= 0.3 is 0 Å². The van der Waals surface area contributed by atoms with Crippen molar-refractivity contribution in [3.63, 3.8) is 0 Å². The Bertz CT molecular complexity index is 295. The van der Waals surface area contributed by atoms with Gasteiger partial charge in [-0.1, -0.05) is 6.92 Å². The summed E-state index contributed by atoms with van der Waals surface area (Å²) in [5.41, 5.74) is 7.17. The van der Waals surface area contributed by atoms with E-state index in [1.165, 1.54) is 18.5 Å². The van der Waals surface area contributed by atoms with Gasteiger partial charge in [-0.25, -0.2) is 0 Å². The molecule has 1 aliphatic heterocycles. The van der Waals surface area contributed by atoms with Gasteiger partial charge in [-0.15, -0.1) is 11.3 Å². The minimum absolute atomic E-state index is 0.621. The quantitative estimate of drug-likeness (QED) is 0.823. The summed E-state index contributed by atoms with van der Waals surface area (Å²) in [5, 5.41) is 2.21. The molecule has 1 aromatic heterocycles. The first kappa shape index (κ1) is 10.1. The molecule has 2 nitrogen and oxygen atoms in total. The molecule has 14 heavy (non-hydrogen) atoms. The van der Waals surface area contributed by atoms with Crippen LogP contribution < -0.4 is 5.73 Å². The molecule has 0 saturated carbocycles. The van der Waals surface area contributed by atoms with Crippen molar-refractivity contribution in [2.24, 2.45) is 11.7 Å². The lowest BCUT2D eigenvalue weighted by atomic mass is 10.1. The predicted molar refractivity (Wildman–Crippen MR) is 61.5 cm³/mol. The van der Waals surface area contributed by atoms with Crippen molar-refractivity contribution in [3.05, 3.63) is 21.9 Å². The number of nitrogens with zero attached hydrogens (tertiary/aromatic N) is 1. The van der Waals surface area contributed by atoms with Crippen molar-refractivity contribution in [2.75, 3.05) is 19.6 Å². The van der Waals surface area contributed by atoms with Crippen molar-refractivity contribution in [3.8, 4) is 0 Å². The van der Waals surface area contributed by atoms with Crippen LogP contribution in [0.1, 0.15) is 17.4 Å². The van der Waals surface area contributed by atoms with E-state index in [2.05, 4.69) is 23.3 Å². The highest BCUT2D eigenvalue weighted by molar-refractivity contribution is 7.10. The summed E-state index contributed by atoms with van der Waals surface area (Å²) in [6.45, 7) is 6.50. The van der Waals surface area contributed by atoms with E-state index in [4.69, 9.17) is 5.73 Å². The monoisotopic (exact) mass is 210 g/mol. The van der Waals surface area contributed by atoms with Crippen LogP contribution >= 0.6 is 11.3 Å². The van der Waals surface area contributed by atoms with Gasteiger partial charge in [0.15, 0.2) is 0 Å². The van der Waals surface area contributed by atoms with E-state index in [0.717, 1.165) is 19.6 Å². The van der Waals surface area contributed by atoms with E-state index >= 15 is 0 Å². The SMILES string of the molecule is CC(CN)CN1CCc2sccc2C1. The van der Waals surface area contributed by atoms with E-state index in [0.29, 0.717) is 5.92 Å². The van der Waals surface area contributed by atoms with Gasteiger partial charge in [-0.2, -0.15) is 0 Å². The summed E-state index contributed by atoms with van der Waals surface area (Å²) < 4.78 is 0. The molecule has 0 aromatic carbocycles. The standard InChI is InChI=1S/C11H18N2S/c1-9(6-12)7-13-4-2-11-10(8-13)3-5-14-11/h3,5,9H,2,4,6-8,12H2,1H3. The number of nitrogens with two attached hydrogens (primary N) is 1. The molecule has 0 fully saturated rings. The summed E-state index contributed by atoms with van der Waals surface area (Å²) >= 11 is 1.90. The number of fused-ring (bicyclic) bond motifs is 1. The van der Waals surface area contributed by atoms with Crippen LogP contribution in [0.4, 0.5) is 0 Å². The van der Waals surface area contributed by atoms with Gasteiger partial charge in [-0.3, -0.25) is 4.90 Å². The first-order chi connectivity index (χ1) is 6.79. The molecule has 2 rings (SSSR count). The average Bonchev–Trinajstić information content (AvgIpc) is 2.64. The van der Waals surface area contributed by atoms with Gasteiger partial charge < -0.3 is 5.73 Å². The van der Waals surface area contributed by atoms with Gasteiger partial charge in [0.1, 0.15) is 0 Å². The number of rotatable bonds is 3. The maximum atomic E-state index is 5.64. The second-order valence-corrected chi connectivity index (χ2v) is 5.20. The van der Waals surface area contributed by atoms with Crippen molar-refractivity contribution in [1.29, 1.82) is 0 Å². The van der Waals surface area contributed by atoms with Crippen molar-refractivity contribution in [2.45, 2.75) is 19.9 Å². The Morgan fingerprint density at radius 1 is 1.64 bits per heavy atom. The van der Waals surface area contributed by atoms with Gasteiger partial charge in [-0.05, 0) is 35.9 Å². The number of hydrogen-bond acceptors (Lipinski definition) is 3. The first-order valence-electron chi connectivity index (χ1n) is 5.27. The molecule has 1 atom stereocenters. The summed E-state index contributed by atoms with van der Waals surface area (Å²) in [6.07, 6.45) is 1.23. The predicted octanol–water partition coefficient (Wildman–Crippen LogP) is 1.70. The van der Waals surface area contributed by atoms with Crippen molar-refractivity contribution < 1.29 is 0 Å². The van der Waals surface area contributed by atoms with Crippen LogP contribution in [0.3, 0.4) is 0 Å². The lowest BCUT2D eigenvalue weighted by molar-refractivity contribution is 0.224. The molecule has 0 bridgehead atoms. The second kappa shape index (κ2) is 4.43. The van der Waals surface area contributed by atoms with E-state index in [1.54, 1.807) is 4.88 Å². The molecule has 0 spiro atoms. The van der Waals surface area contributed by atoms with E-state index < -0.39 is 0 Å². The van der Waals surface area contributed by atoms with Crippen LogP contribution in [-0.2, 0) is 13.0 Å². The zero-order chi connectivity index (χ0) is 9.97. The Balaban J connectivity index is 1.94. The Kier molecular flexibility index (Phi) is 3.21. The molecule has 3 heteroatoms. The van der Waals surface area contributed by atoms with Gasteiger partial charge in [0.2, 0.25) is 0 Å². The zero-order valence-corrected chi connectivity index (χ0v) is 9.52. The molecule has 1 unspecified atom stereocenters. The Morgan fingerprint density at radius 2 is 2.50 bits per heavy atom. The highest BCUT2D eigenvalue weighted by Gasteiger charge is 2.17. The fourth-order valence-electron chi connectivity index (χ4n) is 1.98. The van der Waals surface area contributed by atoms with Crippen molar-refractivity contribution in [1.82, 2.24) is 4.90 Å². The van der Waals surface area contributed by atoms with Crippen molar-refractivity contribution >= 4 is 11.3 Å². The number of thiophene rings is 1. The van der Waals surface area contributed by atoms with Crippen LogP contribution in [-0.4, -0.2) is 24.5 Å². The molecule has 78 valence electrons. The van der Waals surface area contributed by atoms with Crippen LogP contribution in [0.15, 0.2) is 11.4 Å². The third-order valence-corrected chi connectivity index (χ3v) is 3.88. The van der Waals surface area contributed by atoms with Crippen LogP contribution in [0, 0.1) is 5.92 Å². The Labute approximate surface area is 89.7 Å². The Hall–Kier alpha value is -0.380. The topological polar surface area (TPSA) is 29.3 Å². The second-order valence-electron chi connectivity index (χ2n) is 4.20. The zero-order valence-electron chi connectivity index (χ0n) is 8.70. The molecule has 2 N–H and O–H groups in total. The molecule has 2 heterocycles. The minimum atomic E-state index is 0.621. The fraction of sp³-hybridized carbons (Fsp3) is 0.636. The highest BCUT2D eigenvalue weighted by Crippen LogP contribution is 2.24. The maximum Gasteiger partial charge on any atom is 0.0245 e. The molecule has 0 radical (unpaired) electrons. The number of hydrogen-bond donors (Lipinski definition) is 1. The third-order valence-electron chi connectivity index (χ3n) is 2.86. The summed E-state index contributed by atoms with van der Waals surface area (Å²) in [7, 11) is 0. The summed E-state index contributed by atoms with van der Waals surface area (Å²) in [4.78, 5) is 4.11. The summed E-state index contributed by atoms with van der Waals surface area (Å²) in [5.74, 6) is 0.621. The molecule has 0 aliphatic carbocycles. The summed E-state index contributed by atoms with van der Waals surface area (Å²) in [6, 6.07) is 2.26. The largest absolute Gasteiger partial charge is 0.330 e. The lowest BCUT2D eigenvalue weighted by Crippen LogP contribution is -2.35. The minimum Gasteiger partial charge on any atom is -0.330 e. The molecule has 0 saturated heterocycles. The van der Waals surface area contributed by atoms with E-state index in [9.17, 15) is 0 Å². The van der Waals surface area contributed by atoms with E-state index in [-0.39, 0.29) is 0 Å². The molecule has 1 aliphatic rings. The molecular formula is C11H18N2S. The molecule has 1 aromatic rings. The van der Waals surface area contributed by atoms with Gasteiger partial charge in [0.25, 0.3) is 0 Å². The highest BCUT2D eigenvalue weighted by atomic mass is 32.1. The maximum absolute atomic E-state index is 5.64. The van der Waals surface area contributed by atoms with Crippen LogP contribution in [0.5, 0.6) is 0 Å². The van der Waals surface area contributed by atoms with Gasteiger partial charge in [0, 0.05) is 24.5 Å². The lowest BCUT2D eigenvalue weighted by Gasteiger charge is -2.28. The smallest absolute Gasteiger partial charge is 0.0245 e. The normalized spacial score (nSPS) is 19.3. The first-order valence-corrected chi connectivity index (χ1v) is 6.15. The van der Waals surface area contributed by atoms with Gasteiger partial charge in [0.05, 0.1) is 0 Å². The molecular weight excluding hydrogens is 192 g/mol. The third kappa shape index (κ3) is 2.16. The molecule has 0 amide bonds.